The van der Waals surface area contributed by atoms with Crippen molar-refractivity contribution in [3.05, 3.63) is 65.1 Å². The van der Waals surface area contributed by atoms with E-state index < -0.39 is 5.97 Å². The molecule has 9 heteroatoms. The molecule has 0 bridgehead atoms. The molecule has 27 heavy (non-hydrogen) atoms. The predicted octanol–water partition coefficient (Wildman–Crippen LogP) is 4.12. The monoisotopic (exact) mass is 400 g/mol. The highest BCUT2D eigenvalue weighted by molar-refractivity contribution is 7.98. The molecule has 0 amide bonds. The molecule has 0 aliphatic rings. The number of ether oxygens (including phenoxy) is 1. The van der Waals surface area contributed by atoms with Crippen LogP contribution in [-0.2, 0) is 10.5 Å². The number of hydrogen-bond donors (Lipinski definition) is 0. The first-order valence-electron chi connectivity index (χ1n) is 7.92. The van der Waals surface area contributed by atoms with Crippen molar-refractivity contribution in [2.75, 3.05) is 7.11 Å². The quantitative estimate of drug-likeness (QED) is 0.368. The van der Waals surface area contributed by atoms with Gasteiger partial charge < -0.3 is 9.15 Å². The summed E-state index contributed by atoms with van der Waals surface area (Å²) in [5, 5.41) is 14.4. The third kappa shape index (κ3) is 3.67. The smallest absolute Gasteiger partial charge is 0.373 e. The minimum Gasteiger partial charge on any atom is -0.463 e. The van der Waals surface area contributed by atoms with E-state index in [-0.39, 0.29) is 5.76 Å². The minimum absolute atomic E-state index is 0.181. The lowest BCUT2D eigenvalue weighted by Crippen LogP contribution is -1.98. The average Bonchev–Trinajstić information content (AvgIpc) is 3.33. The zero-order valence-corrected chi connectivity index (χ0v) is 15.7. The van der Waals surface area contributed by atoms with Gasteiger partial charge in [0.15, 0.2) is 11.5 Å². The van der Waals surface area contributed by atoms with Gasteiger partial charge in [0, 0.05) is 10.6 Å². The highest BCUT2D eigenvalue weighted by Crippen LogP contribution is 2.25. The van der Waals surface area contributed by atoms with Crippen molar-refractivity contribution in [2.24, 2.45) is 0 Å². The van der Waals surface area contributed by atoms with Crippen molar-refractivity contribution in [3.63, 3.8) is 0 Å². The van der Waals surface area contributed by atoms with E-state index >= 15 is 0 Å². The van der Waals surface area contributed by atoms with Crippen LogP contribution in [0.4, 0.5) is 0 Å². The fraction of sp³-hybridized carbons (Fsp3) is 0.111. The molecule has 3 heterocycles. The van der Waals surface area contributed by atoms with Crippen LogP contribution in [0, 0.1) is 0 Å². The number of hydrogen-bond acceptors (Lipinski definition) is 7. The van der Waals surface area contributed by atoms with E-state index in [0.29, 0.717) is 28.0 Å². The highest BCUT2D eigenvalue weighted by atomic mass is 35.5. The summed E-state index contributed by atoms with van der Waals surface area (Å²) >= 11 is 7.42. The number of thioether (sulfide) groups is 1. The van der Waals surface area contributed by atoms with Gasteiger partial charge in [0.1, 0.15) is 10.8 Å². The maximum absolute atomic E-state index is 11.5. The number of esters is 1. The van der Waals surface area contributed by atoms with Gasteiger partial charge in [-0.15, -0.1) is 10.2 Å². The van der Waals surface area contributed by atoms with E-state index in [2.05, 4.69) is 20.0 Å². The van der Waals surface area contributed by atoms with E-state index in [1.807, 2.05) is 24.3 Å². The first-order chi connectivity index (χ1) is 13.1. The van der Waals surface area contributed by atoms with Crippen molar-refractivity contribution in [2.45, 2.75) is 10.8 Å². The van der Waals surface area contributed by atoms with Crippen molar-refractivity contribution < 1.29 is 13.9 Å². The summed E-state index contributed by atoms with van der Waals surface area (Å²) in [6.45, 7) is 0. The van der Waals surface area contributed by atoms with Crippen LogP contribution in [0.5, 0.6) is 0 Å². The third-order valence-electron chi connectivity index (χ3n) is 3.75. The Morgan fingerprint density at radius 2 is 1.96 bits per heavy atom. The van der Waals surface area contributed by atoms with Crippen LogP contribution in [0.1, 0.15) is 16.3 Å². The van der Waals surface area contributed by atoms with Crippen molar-refractivity contribution in [1.29, 1.82) is 0 Å². The Labute approximate surface area is 163 Å². The van der Waals surface area contributed by atoms with Crippen LogP contribution in [0.25, 0.3) is 17.0 Å². The minimum atomic E-state index is -0.497. The van der Waals surface area contributed by atoms with Crippen LogP contribution in [-0.4, -0.2) is 32.9 Å². The molecular weight excluding hydrogens is 388 g/mol. The van der Waals surface area contributed by atoms with Gasteiger partial charge in [-0.2, -0.15) is 9.61 Å². The topological polar surface area (TPSA) is 82.5 Å². The fourth-order valence-corrected chi connectivity index (χ4v) is 3.31. The molecule has 0 N–H and O–H groups in total. The highest BCUT2D eigenvalue weighted by Gasteiger charge is 2.13. The summed E-state index contributed by atoms with van der Waals surface area (Å²) in [5.74, 6) is 1.50. The van der Waals surface area contributed by atoms with E-state index in [1.165, 1.54) is 18.9 Å². The Morgan fingerprint density at radius 3 is 2.74 bits per heavy atom. The summed E-state index contributed by atoms with van der Waals surface area (Å²) in [4.78, 5) is 11.5. The summed E-state index contributed by atoms with van der Waals surface area (Å²) < 4.78 is 11.8. The van der Waals surface area contributed by atoms with Gasteiger partial charge in [0.2, 0.25) is 5.76 Å². The zero-order valence-electron chi connectivity index (χ0n) is 14.1. The number of halogens is 1. The third-order valence-corrected chi connectivity index (χ3v) is 4.95. The Hall–Kier alpha value is -2.84. The molecule has 0 radical (unpaired) electrons. The number of carbonyl (C=O) groups excluding carboxylic acids is 1. The number of carbonyl (C=O) groups is 1. The largest absolute Gasteiger partial charge is 0.463 e. The van der Waals surface area contributed by atoms with Crippen LogP contribution in [0.3, 0.4) is 0 Å². The second-order valence-corrected chi connectivity index (χ2v) is 6.95. The van der Waals surface area contributed by atoms with Crippen LogP contribution >= 0.6 is 23.4 Å². The summed E-state index contributed by atoms with van der Waals surface area (Å²) in [6, 6.07) is 14.4. The van der Waals surface area contributed by atoms with Gasteiger partial charge in [-0.05, 0) is 48.5 Å². The Kier molecular flexibility index (Phi) is 4.83. The van der Waals surface area contributed by atoms with Gasteiger partial charge in [0.25, 0.3) is 0 Å². The number of nitrogens with zero attached hydrogens (tertiary/aromatic N) is 4. The molecule has 1 aromatic carbocycles. The number of rotatable bonds is 5. The lowest BCUT2D eigenvalue weighted by atomic mass is 10.2. The van der Waals surface area contributed by atoms with Crippen molar-refractivity contribution >= 4 is 35.0 Å². The molecule has 0 unspecified atom stereocenters. The van der Waals surface area contributed by atoms with E-state index in [4.69, 9.17) is 16.0 Å². The van der Waals surface area contributed by atoms with Gasteiger partial charge >= 0.3 is 5.97 Å². The standard InChI is InChI=1S/C18H13ClN4O3S/c1-25-18(24)14-7-6-13(26-14)10-27-16-9-8-15-20-21-17(23(15)22-16)11-2-4-12(19)5-3-11/h2-9H,10H2,1H3. The molecule has 0 aliphatic carbocycles. The molecule has 0 aliphatic heterocycles. The number of fused-ring (bicyclic) bond motifs is 1. The van der Waals surface area contributed by atoms with E-state index in [9.17, 15) is 4.79 Å². The summed E-state index contributed by atoms with van der Waals surface area (Å²) in [7, 11) is 1.32. The number of benzene rings is 1. The molecule has 4 aromatic rings. The Bertz CT molecular complexity index is 1110. The van der Waals surface area contributed by atoms with E-state index in [1.54, 1.807) is 28.8 Å². The van der Waals surface area contributed by atoms with Crippen molar-refractivity contribution in [1.82, 2.24) is 19.8 Å². The first-order valence-corrected chi connectivity index (χ1v) is 9.28. The SMILES string of the molecule is COC(=O)c1ccc(CSc2ccc3nnc(-c4ccc(Cl)cc4)n3n2)o1. The molecule has 0 fully saturated rings. The molecule has 0 saturated heterocycles. The first kappa shape index (κ1) is 17.6. The van der Waals surface area contributed by atoms with Gasteiger partial charge in [0.05, 0.1) is 12.9 Å². The lowest BCUT2D eigenvalue weighted by molar-refractivity contribution is 0.0563. The normalized spacial score (nSPS) is 11.0. The van der Waals surface area contributed by atoms with Gasteiger partial charge in [-0.3, -0.25) is 0 Å². The second-order valence-electron chi connectivity index (χ2n) is 5.52. The van der Waals surface area contributed by atoms with Gasteiger partial charge in [-0.25, -0.2) is 4.79 Å². The van der Waals surface area contributed by atoms with Crippen LogP contribution in [0.15, 0.2) is 58.0 Å². The number of aromatic nitrogens is 4. The molecule has 4 rings (SSSR count). The molecule has 7 nitrogen and oxygen atoms in total. The van der Waals surface area contributed by atoms with E-state index in [0.717, 1.165) is 10.6 Å². The molecular formula is C18H13ClN4O3S. The molecule has 0 spiro atoms. The summed E-state index contributed by atoms with van der Waals surface area (Å²) in [6.07, 6.45) is 0. The number of methoxy groups -OCH3 is 1. The van der Waals surface area contributed by atoms with Crippen LogP contribution in [0.2, 0.25) is 5.02 Å². The van der Waals surface area contributed by atoms with Crippen molar-refractivity contribution in [3.8, 4) is 11.4 Å². The Morgan fingerprint density at radius 1 is 1.15 bits per heavy atom. The zero-order chi connectivity index (χ0) is 18.8. The predicted molar refractivity (Wildman–Crippen MR) is 101 cm³/mol. The number of furan rings is 1. The average molecular weight is 401 g/mol. The van der Waals surface area contributed by atoms with Gasteiger partial charge in [-0.1, -0.05) is 23.4 Å². The fourth-order valence-electron chi connectivity index (χ4n) is 2.44. The maximum Gasteiger partial charge on any atom is 0.373 e. The second kappa shape index (κ2) is 7.42. The molecule has 0 atom stereocenters. The molecule has 3 aromatic heterocycles. The summed E-state index contributed by atoms with van der Waals surface area (Å²) in [5.41, 5.74) is 1.52. The molecule has 136 valence electrons. The lowest BCUT2D eigenvalue weighted by Gasteiger charge is -2.02. The molecule has 0 saturated carbocycles. The van der Waals surface area contributed by atoms with Crippen LogP contribution < -0.4 is 0 Å². The maximum atomic E-state index is 11.5. The Balaban J connectivity index is 1.56.